The smallest absolute Gasteiger partial charge is 0.253 e. The number of fused-ring (bicyclic) bond motifs is 1. The average molecular weight is 383 g/mol. The van der Waals surface area contributed by atoms with Crippen molar-refractivity contribution >= 4 is 17.7 Å². The monoisotopic (exact) mass is 382 g/mol. The van der Waals surface area contributed by atoms with Crippen molar-refractivity contribution in [2.24, 2.45) is 9.98 Å². The van der Waals surface area contributed by atoms with Gasteiger partial charge in [0.05, 0.1) is 18.4 Å². The summed E-state index contributed by atoms with van der Waals surface area (Å²) < 4.78 is 5.26. The van der Waals surface area contributed by atoms with Crippen molar-refractivity contribution in [2.75, 3.05) is 20.6 Å². The summed E-state index contributed by atoms with van der Waals surface area (Å²) >= 11 is 0. The number of allylic oxidation sites excluding steroid dienone is 4. The third-order valence-corrected chi connectivity index (χ3v) is 5.41. The highest BCUT2D eigenvalue weighted by Gasteiger charge is 2.32. The molecular weight excluding hydrogens is 352 g/mol. The molecule has 0 fully saturated rings. The number of likely N-dealkylation sites (N-methyl/N-ethyl adjacent to an activating group) is 2. The highest BCUT2D eigenvalue weighted by Crippen LogP contribution is 2.26. The van der Waals surface area contributed by atoms with Crippen molar-refractivity contribution in [3.8, 4) is 0 Å². The summed E-state index contributed by atoms with van der Waals surface area (Å²) in [5.74, 6) is 2.25. The summed E-state index contributed by atoms with van der Waals surface area (Å²) in [6.07, 6.45) is 8.76. The standard InChI is InChI=1S/C21H30N6O/c1-7-14(2)18(9-8-15(3)21-24-16(4)25-28-21)27(6)20-12-19-17(10-11-22-20)23-13-26(19)5/h8-9,13,17,19H,2,7,10-12H2,1,3-6H3/b15-8+,18-9+/t17?,19-/m0/s1. The number of hydrogen-bond donors (Lipinski definition) is 0. The molecule has 1 aromatic heterocycles. The molecule has 0 amide bonds. The van der Waals surface area contributed by atoms with E-state index in [2.05, 4.69) is 58.6 Å². The maximum Gasteiger partial charge on any atom is 0.253 e. The van der Waals surface area contributed by atoms with Gasteiger partial charge >= 0.3 is 0 Å². The molecule has 28 heavy (non-hydrogen) atoms. The summed E-state index contributed by atoms with van der Waals surface area (Å²) in [4.78, 5) is 18.2. The minimum absolute atomic E-state index is 0.337. The van der Waals surface area contributed by atoms with Crippen molar-refractivity contribution < 1.29 is 4.52 Å². The van der Waals surface area contributed by atoms with Gasteiger partial charge in [-0.15, -0.1) is 0 Å². The van der Waals surface area contributed by atoms with Gasteiger partial charge in [0.2, 0.25) is 0 Å². The third kappa shape index (κ3) is 4.24. The number of amidine groups is 1. The summed E-state index contributed by atoms with van der Waals surface area (Å²) in [5, 5.41) is 3.86. The van der Waals surface area contributed by atoms with Gasteiger partial charge in [0, 0.05) is 38.3 Å². The van der Waals surface area contributed by atoms with E-state index in [4.69, 9.17) is 9.52 Å². The van der Waals surface area contributed by atoms with Crippen LogP contribution >= 0.6 is 0 Å². The van der Waals surface area contributed by atoms with Gasteiger partial charge < -0.3 is 14.3 Å². The molecule has 2 atom stereocenters. The molecule has 7 nitrogen and oxygen atoms in total. The Morgan fingerprint density at radius 1 is 1.43 bits per heavy atom. The van der Waals surface area contributed by atoms with Crippen molar-refractivity contribution in [2.45, 2.75) is 52.1 Å². The zero-order chi connectivity index (χ0) is 20.3. The lowest BCUT2D eigenvalue weighted by atomic mass is 10.0. The Labute approximate surface area is 167 Å². The van der Waals surface area contributed by atoms with E-state index >= 15 is 0 Å². The Hall–Kier alpha value is -2.70. The molecule has 0 saturated heterocycles. The minimum Gasteiger partial charge on any atom is -0.360 e. The molecule has 3 rings (SSSR count). The molecule has 1 aromatic rings. The lowest BCUT2D eigenvalue weighted by Crippen LogP contribution is -2.38. The van der Waals surface area contributed by atoms with Gasteiger partial charge in [0.25, 0.3) is 5.89 Å². The molecule has 0 aromatic carbocycles. The predicted molar refractivity (Wildman–Crippen MR) is 113 cm³/mol. The molecule has 7 heteroatoms. The van der Waals surface area contributed by atoms with Crippen LogP contribution in [0.5, 0.6) is 0 Å². The van der Waals surface area contributed by atoms with E-state index in [0.29, 0.717) is 23.8 Å². The largest absolute Gasteiger partial charge is 0.360 e. The van der Waals surface area contributed by atoms with Crippen molar-refractivity contribution in [3.05, 3.63) is 41.7 Å². The number of aromatic nitrogens is 2. The van der Waals surface area contributed by atoms with Crippen molar-refractivity contribution in [1.82, 2.24) is 19.9 Å². The SMILES string of the molecule is C=C(CC)/C(=C\C=C(/C)c1nc(C)no1)N(C)C1=NCCC2N=CN(C)[C@H]2C1. The zero-order valence-electron chi connectivity index (χ0n) is 17.5. The van der Waals surface area contributed by atoms with Crippen molar-refractivity contribution in [1.29, 1.82) is 0 Å². The summed E-state index contributed by atoms with van der Waals surface area (Å²) in [5.41, 5.74) is 3.03. The number of hydrogen-bond acceptors (Lipinski definition) is 7. The second-order valence-corrected chi connectivity index (χ2v) is 7.42. The highest BCUT2D eigenvalue weighted by molar-refractivity contribution is 5.86. The van der Waals surface area contributed by atoms with E-state index in [1.54, 1.807) is 0 Å². The predicted octanol–water partition coefficient (Wildman–Crippen LogP) is 3.47. The highest BCUT2D eigenvalue weighted by atomic mass is 16.5. The van der Waals surface area contributed by atoms with Crippen LogP contribution in [0.25, 0.3) is 5.57 Å². The van der Waals surface area contributed by atoms with Crippen LogP contribution in [0.2, 0.25) is 0 Å². The van der Waals surface area contributed by atoms with Crippen molar-refractivity contribution in [3.63, 3.8) is 0 Å². The normalized spacial score (nSPS) is 22.8. The van der Waals surface area contributed by atoms with Gasteiger partial charge in [-0.3, -0.25) is 9.98 Å². The first-order valence-electron chi connectivity index (χ1n) is 9.80. The molecule has 3 heterocycles. The van der Waals surface area contributed by atoms with Crippen LogP contribution < -0.4 is 0 Å². The first-order valence-corrected chi connectivity index (χ1v) is 9.80. The van der Waals surface area contributed by atoms with Crippen LogP contribution in [0.15, 0.2) is 44.5 Å². The lowest BCUT2D eigenvalue weighted by Gasteiger charge is -2.29. The van der Waals surface area contributed by atoms with E-state index in [-0.39, 0.29) is 0 Å². The van der Waals surface area contributed by atoms with E-state index < -0.39 is 0 Å². The van der Waals surface area contributed by atoms with E-state index in [9.17, 15) is 0 Å². The third-order valence-electron chi connectivity index (χ3n) is 5.41. The fraction of sp³-hybridized carbons (Fsp3) is 0.524. The van der Waals surface area contributed by atoms with Crippen LogP contribution in [0.1, 0.15) is 44.8 Å². The van der Waals surface area contributed by atoms with Crippen LogP contribution in [0, 0.1) is 6.92 Å². The fourth-order valence-corrected chi connectivity index (χ4v) is 3.53. The van der Waals surface area contributed by atoms with Crippen LogP contribution in [0.3, 0.4) is 0 Å². The Bertz CT molecular complexity index is 847. The van der Waals surface area contributed by atoms with Gasteiger partial charge in [-0.25, -0.2) is 0 Å². The topological polar surface area (TPSA) is 70.1 Å². The van der Waals surface area contributed by atoms with Gasteiger partial charge in [-0.1, -0.05) is 24.7 Å². The molecule has 0 aliphatic carbocycles. The minimum atomic E-state index is 0.337. The molecular formula is C21H30N6O. The first kappa shape index (κ1) is 20.0. The number of aryl methyl sites for hydroxylation is 1. The van der Waals surface area contributed by atoms with Gasteiger partial charge in [-0.05, 0) is 38.3 Å². The maximum atomic E-state index is 5.26. The molecule has 2 aliphatic heterocycles. The van der Waals surface area contributed by atoms with Gasteiger partial charge in [0.1, 0.15) is 5.84 Å². The van der Waals surface area contributed by atoms with E-state index in [0.717, 1.165) is 48.5 Å². The fourth-order valence-electron chi connectivity index (χ4n) is 3.53. The molecule has 0 bridgehead atoms. The Morgan fingerprint density at radius 2 is 2.21 bits per heavy atom. The average Bonchev–Trinajstić information content (AvgIpc) is 3.19. The molecule has 0 N–H and O–H groups in total. The van der Waals surface area contributed by atoms with E-state index in [1.165, 1.54) is 0 Å². The van der Waals surface area contributed by atoms with Crippen LogP contribution in [-0.2, 0) is 0 Å². The quantitative estimate of drug-likeness (QED) is 0.729. The lowest BCUT2D eigenvalue weighted by molar-refractivity contribution is 0.355. The maximum absolute atomic E-state index is 5.26. The molecule has 1 unspecified atom stereocenters. The Kier molecular flexibility index (Phi) is 6.11. The zero-order valence-corrected chi connectivity index (χ0v) is 17.5. The molecule has 0 radical (unpaired) electrons. The Balaban J connectivity index is 1.84. The number of rotatable bonds is 5. The summed E-state index contributed by atoms with van der Waals surface area (Å²) in [6.45, 7) is 11.0. The summed E-state index contributed by atoms with van der Waals surface area (Å²) in [6, 6.07) is 0.711. The van der Waals surface area contributed by atoms with Gasteiger partial charge in [-0.2, -0.15) is 4.98 Å². The molecule has 0 saturated carbocycles. The Morgan fingerprint density at radius 3 is 2.89 bits per heavy atom. The van der Waals surface area contributed by atoms with E-state index in [1.807, 2.05) is 26.3 Å². The molecule has 2 aliphatic rings. The molecule has 150 valence electrons. The van der Waals surface area contributed by atoms with Gasteiger partial charge in [0.15, 0.2) is 5.82 Å². The number of nitrogens with zero attached hydrogens (tertiary/aromatic N) is 6. The summed E-state index contributed by atoms with van der Waals surface area (Å²) in [7, 11) is 4.17. The van der Waals surface area contributed by atoms with Crippen LogP contribution in [0.4, 0.5) is 0 Å². The molecule has 0 spiro atoms. The first-order chi connectivity index (χ1) is 13.4. The second kappa shape index (κ2) is 8.54. The van der Waals surface area contributed by atoms with Crippen LogP contribution in [-0.4, -0.2) is 64.8 Å². The number of aliphatic imine (C=N–C) groups is 2. The second-order valence-electron chi connectivity index (χ2n) is 7.42.